The number of carbonyl (C=O) groups excluding carboxylic acids is 2. The minimum atomic E-state index is -0.615. The van der Waals surface area contributed by atoms with Crippen LogP contribution in [0.2, 0.25) is 0 Å². The number of amides is 1. The Morgan fingerprint density at radius 3 is 1.48 bits per heavy atom. The highest BCUT2D eigenvalue weighted by Crippen LogP contribution is 2.17. The number of nitrogens with two attached hydrogens (primary N) is 1. The number of halogens is 1. The number of methoxy groups -OCH3 is 2. The molecule has 0 bridgehead atoms. The smallest absolute Gasteiger partial charge is 0.351 e. The molecule has 2 aromatic heterocycles. The highest BCUT2D eigenvalue weighted by Gasteiger charge is 2.20. The Morgan fingerprint density at radius 1 is 0.667 bits per heavy atom. The highest BCUT2D eigenvalue weighted by molar-refractivity contribution is 6.67. The van der Waals surface area contributed by atoms with Gasteiger partial charge in [0.05, 0.1) is 51.8 Å². The van der Waals surface area contributed by atoms with Crippen molar-refractivity contribution >= 4 is 34.4 Å². The molecule has 0 aliphatic rings. The maximum absolute atomic E-state index is 12.6. The molecular weight excluding hydrogens is 796 g/mol. The Balaban J connectivity index is 0.000000505. The molecular formula is C43H63ClN6O10. The van der Waals surface area contributed by atoms with Crippen molar-refractivity contribution in [2.75, 3.05) is 64.9 Å². The molecule has 2 heterocycles. The van der Waals surface area contributed by atoms with Crippen LogP contribution in [0.4, 0.5) is 11.6 Å². The molecule has 1 amide bonds. The predicted octanol–water partition coefficient (Wildman–Crippen LogP) is 6.76. The van der Waals surface area contributed by atoms with E-state index in [1.54, 1.807) is 87.3 Å². The number of hydrogen-bond donors (Lipinski definition) is 2. The van der Waals surface area contributed by atoms with Crippen LogP contribution in [0.25, 0.3) is 0 Å². The van der Waals surface area contributed by atoms with Crippen molar-refractivity contribution in [3.05, 3.63) is 117 Å². The first-order chi connectivity index (χ1) is 28.5. The maximum atomic E-state index is 12.6. The summed E-state index contributed by atoms with van der Waals surface area (Å²) >= 11 is 5.16. The standard InChI is InChI=1S/C21H29N3O5.C14H25N3O4.C7H5ClO.CH4/c1-4-17(5-2)29-19(15-28-14-13-27-3)24-12-11-18(23-21(24)26)22-20(25)16-9-7-6-8-10-16;1-4-11(5-2)21-13(10-20-9-8-19-3)17-7-6-12(15)16-14(17)18;8-7(9)6-4-2-1-3-5-6;/h6-12,17,19H,4-5,13-15H2,1-3H3,(H,22,23,25,26);6-7,11,13H,4-5,8-10H2,1-3H3,(H2,15,16,18);1-5H;1H4/t19-;13-;;/m11../s1. The van der Waals surface area contributed by atoms with Crippen LogP contribution < -0.4 is 22.4 Å². The summed E-state index contributed by atoms with van der Waals surface area (Å²) < 4.78 is 35.8. The van der Waals surface area contributed by atoms with Crippen LogP contribution in [-0.4, -0.2) is 96.3 Å². The van der Waals surface area contributed by atoms with Crippen molar-refractivity contribution in [3.8, 4) is 0 Å². The Labute approximate surface area is 358 Å². The molecule has 2 atom stereocenters. The van der Waals surface area contributed by atoms with Crippen LogP contribution in [-0.2, 0) is 28.4 Å². The van der Waals surface area contributed by atoms with Crippen LogP contribution in [0.1, 0.15) is 94.0 Å². The van der Waals surface area contributed by atoms with Crippen LogP contribution in [0, 0.1) is 0 Å². The Bertz CT molecular complexity index is 1880. The Hall–Kier alpha value is -4.81. The first-order valence-electron chi connectivity index (χ1n) is 19.5. The predicted molar refractivity (Wildman–Crippen MR) is 234 cm³/mol. The lowest BCUT2D eigenvalue weighted by Crippen LogP contribution is -2.34. The summed E-state index contributed by atoms with van der Waals surface area (Å²) in [6.45, 7) is 10.4. The molecule has 4 rings (SSSR count). The molecule has 0 saturated heterocycles. The largest absolute Gasteiger partial charge is 0.383 e. The summed E-state index contributed by atoms with van der Waals surface area (Å²) in [5, 5.41) is 2.23. The molecule has 0 spiro atoms. The fourth-order valence-corrected chi connectivity index (χ4v) is 5.25. The van der Waals surface area contributed by atoms with Gasteiger partial charge in [-0.2, -0.15) is 9.97 Å². The lowest BCUT2D eigenvalue weighted by atomic mass is 10.2. The molecule has 2 aromatic carbocycles. The van der Waals surface area contributed by atoms with Crippen molar-refractivity contribution < 1.29 is 38.0 Å². The number of nitrogens with zero attached hydrogens (tertiary/aromatic N) is 4. The first-order valence-corrected chi connectivity index (χ1v) is 19.9. The van der Waals surface area contributed by atoms with E-state index in [1.807, 2.05) is 39.8 Å². The second kappa shape index (κ2) is 31.1. The van der Waals surface area contributed by atoms with Gasteiger partial charge in [-0.25, -0.2) is 9.59 Å². The molecule has 0 aliphatic heterocycles. The zero-order valence-electron chi connectivity index (χ0n) is 34.8. The molecule has 3 N–H and O–H groups in total. The minimum Gasteiger partial charge on any atom is -0.383 e. The number of ether oxygens (including phenoxy) is 6. The van der Waals surface area contributed by atoms with Crippen LogP contribution >= 0.6 is 11.6 Å². The van der Waals surface area contributed by atoms with Crippen molar-refractivity contribution in [3.63, 3.8) is 0 Å². The van der Waals surface area contributed by atoms with Gasteiger partial charge in [0.1, 0.15) is 11.6 Å². The summed E-state index contributed by atoms with van der Waals surface area (Å²) in [4.78, 5) is 54.9. The molecule has 17 heteroatoms. The SMILES string of the molecule is C.CCC(CC)O[C@H](COCCOC)n1ccc(N)nc1=O.CCC(CC)O[C@H](COCCOC)n1ccc(NC(=O)c2ccccc2)nc1=O.O=C(Cl)c1ccccc1. The maximum Gasteiger partial charge on any atom is 0.351 e. The molecule has 0 radical (unpaired) electrons. The number of hydrogen-bond acceptors (Lipinski definition) is 13. The van der Waals surface area contributed by atoms with Gasteiger partial charge in [0, 0.05) is 37.7 Å². The second-order valence-electron chi connectivity index (χ2n) is 12.7. The van der Waals surface area contributed by atoms with Gasteiger partial charge >= 0.3 is 11.4 Å². The van der Waals surface area contributed by atoms with E-state index in [4.69, 9.17) is 45.8 Å². The van der Waals surface area contributed by atoms with Gasteiger partial charge in [0.25, 0.3) is 11.1 Å². The molecule has 4 aromatic rings. The lowest BCUT2D eigenvalue weighted by molar-refractivity contribution is -0.103. The number of nitrogen functional groups attached to an aromatic ring is 1. The lowest BCUT2D eigenvalue weighted by Gasteiger charge is -2.25. The van der Waals surface area contributed by atoms with Crippen molar-refractivity contribution in [1.29, 1.82) is 0 Å². The van der Waals surface area contributed by atoms with Gasteiger partial charge < -0.3 is 39.5 Å². The minimum absolute atomic E-state index is 0. The zero-order chi connectivity index (χ0) is 43.4. The third-order valence-corrected chi connectivity index (χ3v) is 8.70. The topological polar surface area (TPSA) is 197 Å². The van der Waals surface area contributed by atoms with Gasteiger partial charge in [-0.05, 0) is 61.5 Å². The summed E-state index contributed by atoms with van der Waals surface area (Å²) in [5.74, 6) is 0.0440. The van der Waals surface area contributed by atoms with Crippen molar-refractivity contribution in [2.45, 2.75) is 85.5 Å². The number of anilines is 2. The molecule has 0 unspecified atom stereocenters. The summed E-state index contributed by atoms with van der Waals surface area (Å²) in [5.41, 5.74) is 5.57. The van der Waals surface area contributed by atoms with E-state index in [2.05, 4.69) is 15.3 Å². The fourth-order valence-electron chi connectivity index (χ4n) is 5.12. The molecule has 60 heavy (non-hydrogen) atoms. The molecule has 0 aliphatic carbocycles. The van der Waals surface area contributed by atoms with E-state index >= 15 is 0 Å². The van der Waals surface area contributed by atoms with Crippen LogP contribution in [0.5, 0.6) is 0 Å². The monoisotopic (exact) mass is 858 g/mol. The van der Waals surface area contributed by atoms with E-state index in [-0.39, 0.29) is 50.4 Å². The summed E-state index contributed by atoms with van der Waals surface area (Å²) in [6, 6.07) is 20.6. The van der Waals surface area contributed by atoms with Gasteiger partial charge in [-0.1, -0.05) is 83.7 Å². The molecule has 0 fully saturated rings. The average Bonchev–Trinajstić information content (AvgIpc) is 3.25. The Morgan fingerprint density at radius 2 is 1.10 bits per heavy atom. The number of carbonyl (C=O) groups is 2. The van der Waals surface area contributed by atoms with Gasteiger partial charge in [-0.15, -0.1) is 0 Å². The number of benzene rings is 2. The van der Waals surface area contributed by atoms with E-state index in [0.29, 0.717) is 37.6 Å². The summed E-state index contributed by atoms with van der Waals surface area (Å²) in [7, 11) is 3.20. The summed E-state index contributed by atoms with van der Waals surface area (Å²) in [6.07, 6.45) is 5.42. The van der Waals surface area contributed by atoms with E-state index < -0.39 is 29.1 Å². The van der Waals surface area contributed by atoms with E-state index in [1.165, 1.54) is 9.13 Å². The first kappa shape index (κ1) is 53.2. The van der Waals surface area contributed by atoms with Crippen molar-refractivity contribution in [1.82, 2.24) is 19.1 Å². The van der Waals surface area contributed by atoms with Crippen molar-refractivity contribution in [2.24, 2.45) is 0 Å². The Kier molecular flexibility index (Phi) is 27.6. The van der Waals surface area contributed by atoms with Gasteiger partial charge in [-0.3, -0.25) is 18.7 Å². The number of nitrogens with one attached hydrogen (secondary N) is 1. The molecule has 332 valence electrons. The number of aromatic nitrogens is 4. The molecule has 0 saturated carbocycles. The molecule has 16 nitrogen and oxygen atoms in total. The van der Waals surface area contributed by atoms with Gasteiger partial charge in [0.15, 0.2) is 12.5 Å². The zero-order valence-corrected chi connectivity index (χ0v) is 35.5. The third kappa shape index (κ3) is 20.0. The second-order valence-corrected chi connectivity index (χ2v) is 13.0. The number of rotatable bonds is 23. The normalized spacial score (nSPS) is 11.7. The fraction of sp³-hybridized carbons (Fsp3) is 0.488. The van der Waals surface area contributed by atoms with E-state index in [9.17, 15) is 19.2 Å². The highest BCUT2D eigenvalue weighted by atomic mass is 35.5. The third-order valence-electron chi connectivity index (χ3n) is 8.49. The van der Waals surface area contributed by atoms with Gasteiger partial charge in [0.2, 0.25) is 0 Å². The van der Waals surface area contributed by atoms with Crippen LogP contribution in [0.15, 0.2) is 94.8 Å². The van der Waals surface area contributed by atoms with E-state index in [0.717, 1.165) is 25.7 Å². The van der Waals surface area contributed by atoms with Crippen LogP contribution in [0.3, 0.4) is 0 Å². The quantitative estimate of drug-likeness (QED) is 0.0587. The average molecular weight is 859 g/mol.